The Morgan fingerprint density at radius 1 is 1.31 bits per heavy atom. The predicted molar refractivity (Wildman–Crippen MR) is 52.8 cm³/mol. The molecule has 0 unspecified atom stereocenters. The average molecular weight is 206 g/mol. The Hall–Kier alpha value is -0.130. The quantitative estimate of drug-likeness (QED) is 0.610. The van der Waals surface area contributed by atoms with E-state index in [1.54, 1.807) is 0 Å². The second-order valence-electron chi connectivity index (χ2n) is 3.56. The van der Waals surface area contributed by atoms with Crippen LogP contribution in [0.5, 0.6) is 0 Å². The minimum Gasteiger partial charge on any atom is -0.330 e. The van der Waals surface area contributed by atoms with Gasteiger partial charge in [0.15, 0.2) is 0 Å². The third-order valence-corrected chi connectivity index (χ3v) is 3.84. The number of rotatable bonds is 6. The molecule has 0 bridgehead atoms. The van der Waals surface area contributed by atoms with Gasteiger partial charge in [-0.2, -0.15) is 0 Å². The lowest BCUT2D eigenvalue weighted by atomic mass is 9.94. The molecule has 0 amide bonds. The number of nitrogens with two attached hydrogens (primary N) is 1. The lowest BCUT2D eigenvalue weighted by Crippen LogP contribution is -2.40. The van der Waals surface area contributed by atoms with Gasteiger partial charge in [-0.1, -0.05) is 6.42 Å². The summed E-state index contributed by atoms with van der Waals surface area (Å²) in [5.74, 6) is 0.223. The second-order valence-corrected chi connectivity index (χ2v) is 5.43. The molecule has 1 saturated carbocycles. The van der Waals surface area contributed by atoms with Crippen molar-refractivity contribution in [2.75, 3.05) is 12.3 Å². The Bertz CT molecular complexity index is 235. The fourth-order valence-electron chi connectivity index (χ4n) is 1.28. The van der Waals surface area contributed by atoms with E-state index in [-0.39, 0.29) is 11.8 Å². The molecule has 0 atom stereocenters. The van der Waals surface area contributed by atoms with Crippen molar-refractivity contribution in [2.24, 2.45) is 5.73 Å². The molecular formula is C8H18N2O2S. The van der Waals surface area contributed by atoms with E-state index in [1.165, 1.54) is 0 Å². The van der Waals surface area contributed by atoms with Crippen LogP contribution in [0.25, 0.3) is 0 Å². The van der Waals surface area contributed by atoms with E-state index in [4.69, 9.17) is 5.73 Å². The number of sulfonamides is 1. The van der Waals surface area contributed by atoms with Gasteiger partial charge in [0, 0.05) is 6.04 Å². The van der Waals surface area contributed by atoms with Crippen LogP contribution in [-0.4, -0.2) is 26.8 Å². The van der Waals surface area contributed by atoms with E-state index >= 15 is 0 Å². The molecule has 4 nitrogen and oxygen atoms in total. The highest BCUT2D eigenvalue weighted by atomic mass is 32.2. The number of nitrogens with one attached hydrogen (secondary N) is 1. The summed E-state index contributed by atoms with van der Waals surface area (Å²) in [6.45, 7) is 0.568. The summed E-state index contributed by atoms with van der Waals surface area (Å²) < 4.78 is 25.4. The molecule has 0 aromatic rings. The minimum atomic E-state index is -3.02. The van der Waals surface area contributed by atoms with E-state index in [1.807, 2.05) is 0 Å². The van der Waals surface area contributed by atoms with Gasteiger partial charge in [-0.25, -0.2) is 13.1 Å². The first-order chi connectivity index (χ1) is 6.14. The highest BCUT2D eigenvalue weighted by Gasteiger charge is 2.22. The maximum absolute atomic E-state index is 11.4. The summed E-state index contributed by atoms with van der Waals surface area (Å²) in [5, 5.41) is 0. The van der Waals surface area contributed by atoms with Gasteiger partial charge in [0.2, 0.25) is 10.0 Å². The van der Waals surface area contributed by atoms with Gasteiger partial charge in [0.05, 0.1) is 5.75 Å². The SMILES string of the molecule is NCCCCS(=O)(=O)NC1CCC1. The Morgan fingerprint density at radius 3 is 2.46 bits per heavy atom. The lowest BCUT2D eigenvalue weighted by Gasteiger charge is -2.25. The van der Waals surface area contributed by atoms with E-state index in [0.717, 1.165) is 25.7 Å². The van der Waals surface area contributed by atoms with Crippen molar-refractivity contribution in [1.29, 1.82) is 0 Å². The fourth-order valence-corrected chi connectivity index (χ4v) is 2.72. The Labute approximate surface area is 79.9 Å². The topological polar surface area (TPSA) is 72.2 Å². The van der Waals surface area contributed by atoms with Crippen molar-refractivity contribution in [2.45, 2.75) is 38.1 Å². The van der Waals surface area contributed by atoms with Crippen LogP contribution in [-0.2, 0) is 10.0 Å². The summed E-state index contributed by atoms with van der Waals surface area (Å²) in [6, 6.07) is 0.211. The van der Waals surface area contributed by atoms with Crippen molar-refractivity contribution in [3.63, 3.8) is 0 Å². The second kappa shape index (κ2) is 4.93. The van der Waals surface area contributed by atoms with Crippen LogP contribution in [0.3, 0.4) is 0 Å². The zero-order chi connectivity index (χ0) is 9.73. The summed E-state index contributed by atoms with van der Waals surface area (Å²) >= 11 is 0. The average Bonchev–Trinajstić information content (AvgIpc) is 1.98. The molecule has 1 rings (SSSR count). The van der Waals surface area contributed by atoms with Crippen LogP contribution in [0.2, 0.25) is 0 Å². The van der Waals surface area contributed by atoms with E-state index in [2.05, 4.69) is 4.72 Å². The molecule has 0 aromatic heterocycles. The van der Waals surface area contributed by atoms with E-state index in [0.29, 0.717) is 13.0 Å². The lowest BCUT2D eigenvalue weighted by molar-refractivity contribution is 0.383. The van der Waals surface area contributed by atoms with Crippen LogP contribution < -0.4 is 10.5 Å². The standard InChI is InChI=1S/C8H18N2O2S/c9-6-1-2-7-13(11,12)10-8-4-3-5-8/h8,10H,1-7,9H2. The van der Waals surface area contributed by atoms with Gasteiger partial charge in [-0.15, -0.1) is 0 Å². The number of hydrogen-bond acceptors (Lipinski definition) is 3. The first kappa shape index (κ1) is 10.9. The molecule has 3 N–H and O–H groups in total. The van der Waals surface area contributed by atoms with Gasteiger partial charge in [-0.05, 0) is 32.2 Å². The third-order valence-electron chi connectivity index (χ3n) is 2.32. The van der Waals surface area contributed by atoms with Gasteiger partial charge in [-0.3, -0.25) is 0 Å². The van der Waals surface area contributed by atoms with Crippen LogP contribution in [0.15, 0.2) is 0 Å². The van der Waals surface area contributed by atoms with Crippen molar-refractivity contribution in [3.8, 4) is 0 Å². The molecule has 0 aliphatic heterocycles. The zero-order valence-electron chi connectivity index (χ0n) is 7.83. The molecular weight excluding hydrogens is 188 g/mol. The smallest absolute Gasteiger partial charge is 0.211 e. The fraction of sp³-hybridized carbons (Fsp3) is 1.00. The first-order valence-electron chi connectivity index (χ1n) is 4.84. The van der Waals surface area contributed by atoms with Crippen molar-refractivity contribution in [3.05, 3.63) is 0 Å². The number of unbranched alkanes of at least 4 members (excludes halogenated alkanes) is 1. The Morgan fingerprint density at radius 2 is 2.00 bits per heavy atom. The summed E-state index contributed by atoms with van der Waals surface area (Å²) in [7, 11) is -3.02. The van der Waals surface area contributed by atoms with Gasteiger partial charge >= 0.3 is 0 Å². The highest BCUT2D eigenvalue weighted by molar-refractivity contribution is 7.89. The van der Waals surface area contributed by atoms with Crippen molar-refractivity contribution < 1.29 is 8.42 Å². The Kier molecular flexibility index (Phi) is 4.15. The van der Waals surface area contributed by atoms with Crippen LogP contribution in [0.1, 0.15) is 32.1 Å². The minimum absolute atomic E-state index is 0.211. The first-order valence-corrected chi connectivity index (χ1v) is 6.49. The van der Waals surface area contributed by atoms with E-state index in [9.17, 15) is 8.42 Å². The number of hydrogen-bond donors (Lipinski definition) is 2. The van der Waals surface area contributed by atoms with Crippen molar-refractivity contribution in [1.82, 2.24) is 4.72 Å². The molecule has 5 heteroatoms. The molecule has 0 saturated heterocycles. The maximum Gasteiger partial charge on any atom is 0.211 e. The molecule has 0 spiro atoms. The molecule has 0 aromatic carbocycles. The molecule has 1 aliphatic carbocycles. The largest absolute Gasteiger partial charge is 0.330 e. The van der Waals surface area contributed by atoms with Crippen molar-refractivity contribution >= 4 is 10.0 Å². The van der Waals surface area contributed by atoms with Gasteiger partial charge in [0.25, 0.3) is 0 Å². The van der Waals surface area contributed by atoms with E-state index < -0.39 is 10.0 Å². The normalized spacial score (nSPS) is 18.5. The molecule has 0 heterocycles. The summed E-state index contributed by atoms with van der Waals surface area (Å²) in [4.78, 5) is 0. The van der Waals surface area contributed by atoms with Gasteiger partial charge in [0.1, 0.15) is 0 Å². The summed E-state index contributed by atoms with van der Waals surface area (Å²) in [5.41, 5.74) is 5.28. The van der Waals surface area contributed by atoms with Gasteiger partial charge < -0.3 is 5.73 Å². The molecule has 78 valence electrons. The molecule has 13 heavy (non-hydrogen) atoms. The molecule has 0 radical (unpaired) electrons. The van der Waals surface area contributed by atoms with Crippen LogP contribution in [0, 0.1) is 0 Å². The summed E-state index contributed by atoms with van der Waals surface area (Å²) in [6.07, 6.45) is 4.59. The monoisotopic (exact) mass is 206 g/mol. The zero-order valence-corrected chi connectivity index (χ0v) is 8.65. The molecule has 1 fully saturated rings. The molecule has 1 aliphatic rings. The predicted octanol–water partition coefficient (Wildman–Crippen LogP) is 0.197. The maximum atomic E-state index is 11.4. The highest BCUT2D eigenvalue weighted by Crippen LogP contribution is 2.18. The van der Waals surface area contributed by atoms with Crippen LogP contribution >= 0.6 is 0 Å². The van der Waals surface area contributed by atoms with Crippen LogP contribution in [0.4, 0.5) is 0 Å². The Balaban J connectivity index is 2.20. The third kappa shape index (κ3) is 4.06.